The number of hydrogen-bond donors (Lipinski definition) is 7. The third-order valence-electron chi connectivity index (χ3n) is 6.17. The lowest BCUT2D eigenvalue weighted by Crippen LogP contribution is -2.58. The van der Waals surface area contributed by atoms with Gasteiger partial charge in [0.2, 0.25) is 17.7 Å². The van der Waals surface area contributed by atoms with Gasteiger partial charge < -0.3 is 36.6 Å². The fraction of sp³-hybridized carbons (Fsp3) is 0.542. The average molecular weight is 507 g/mol. The molecule has 0 aliphatic carbocycles. The molecule has 1 heterocycles. The summed E-state index contributed by atoms with van der Waals surface area (Å²) < 4.78 is 0. The van der Waals surface area contributed by atoms with E-state index >= 15 is 0 Å². The topological polar surface area (TPSA) is 194 Å². The summed E-state index contributed by atoms with van der Waals surface area (Å²) in [5, 5.41) is 38.6. The lowest BCUT2D eigenvalue weighted by Gasteiger charge is -2.26. The maximum absolute atomic E-state index is 13.2. The van der Waals surface area contributed by atoms with Crippen molar-refractivity contribution in [3.8, 4) is 5.75 Å². The molecule has 0 bridgehead atoms. The number of hydrogen-bond acceptors (Lipinski definition) is 7. The summed E-state index contributed by atoms with van der Waals surface area (Å²) in [5.74, 6) is -5.23. The number of rotatable bonds is 13. The number of phenolic OH excluding ortho intramolecular Hbond substituents is 1. The molecular weight excluding hydrogens is 472 g/mol. The fourth-order valence-corrected chi connectivity index (χ4v) is 3.85. The largest absolute Gasteiger partial charge is 0.508 e. The van der Waals surface area contributed by atoms with Gasteiger partial charge in [-0.3, -0.25) is 19.2 Å². The number of benzene rings is 1. The number of aliphatic carboxylic acids is 2. The van der Waals surface area contributed by atoms with Crippen molar-refractivity contribution in [2.45, 2.75) is 70.1 Å². The minimum absolute atomic E-state index is 0.0105. The zero-order valence-electron chi connectivity index (χ0n) is 20.3. The Morgan fingerprint density at radius 1 is 1.00 bits per heavy atom. The van der Waals surface area contributed by atoms with E-state index in [4.69, 9.17) is 0 Å². The monoisotopic (exact) mass is 506 g/mol. The fourth-order valence-electron chi connectivity index (χ4n) is 3.85. The molecular formula is C24H34N4O8. The van der Waals surface area contributed by atoms with Crippen LogP contribution in [-0.4, -0.2) is 75.7 Å². The van der Waals surface area contributed by atoms with Gasteiger partial charge in [-0.05, 0) is 43.0 Å². The van der Waals surface area contributed by atoms with E-state index in [9.17, 15) is 39.3 Å². The second-order valence-electron chi connectivity index (χ2n) is 8.95. The number of nitrogens with one attached hydrogen (secondary N) is 4. The number of phenols is 1. The van der Waals surface area contributed by atoms with Gasteiger partial charge in [0, 0.05) is 6.42 Å². The molecule has 0 radical (unpaired) electrons. The van der Waals surface area contributed by atoms with Gasteiger partial charge >= 0.3 is 11.9 Å². The molecule has 1 aromatic rings. The first-order chi connectivity index (χ1) is 17.0. The van der Waals surface area contributed by atoms with E-state index in [-0.39, 0.29) is 12.2 Å². The number of amides is 3. The second kappa shape index (κ2) is 13.4. The molecule has 5 atom stereocenters. The highest BCUT2D eigenvalue weighted by Gasteiger charge is 2.33. The number of carboxylic acid groups (broad SMARTS) is 2. The van der Waals surface area contributed by atoms with Crippen molar-refractivity contribution in [3.63, 3.8) is 0 Å². The summed E-state index contributed by atoms with van der Waals surface area (Å²) in [7, 11) is 0. The molecule has 0 saturated carbocycles. The highest BCUT2D eigenvalue weighted by atomic mass is 16.4. The summed E-state index contributed by atoms with van der Waals surface area (Å²) in [6.07, 6.45) is 1.07. The summed E-state index contributed by atoms with van der Waals surface area (Å²) in [4.78, 5) is 61.7. The molecule has 0 aromatic heterocycles. The first-order valence-corrected chi connectivity index (χ1v) is 11.9. The van der Waals surface area contributed by atoms with Gasteiger partial charge in [0.25, 0.3) is 0 Å². The minimum Gasteiger partial charge on any atom is -0.508 e. The van der Waals surface area contributed by atoms with Crippen LogP contribution in [0.5, 0.6) is 5.75 Å². The summed E-state index contributed by atoms with van der Waals surface area (Å²) >= 11 is 0. The highest BCUT2D eigenvalue weighted by molar-refractivity contribution is 5.95. The summed E-state index contributed by atoms with van der Waals surface area (Å²) in [6, 6.07) is 1.52. The lowest BCUT2D eigenvalue weighted by atomic mass is 9.98. The van der Waals surface area contributed by atoms with Crippen LogP contribution in [0.15, 0.2) is 24.3 Å². The summed E-state index contributed by atoms with van der Waals surface area (Å²) in [6.45, 7) is 4.04. The predicted molar refractivity (Wildman–Crippen MR) is 128 cm³/mol. The molecule has 3 amide bonds. The molecule has 1 saturated heterocycles. The number of aromatic hydroxyl groups is 1. The van der Waals surface area contributed by atoms with Crippen LogP contribution >= 0.6 is 0 Å². The standard InChI is InChI=1S/C24H34N4O8/c1-3-13(2)20(24(35)36)28-23(34)18(12-19(30)31)27-22(33)17(11-14-6-8-15(29)9-7-14)26-21(32)16-5-4-10-25-16/h6-9,13,16-18,20,25,29H,3-5,10-12H2,1-2H3,(H,26,32)(H,27,33)(H,28,34)(H,30,31)(H,35,36). The molecule has 0 spiro atoms. The van der Waals surface area contributed by atoms with Crippen LogP contribution in [0.25, 0.3) is 0 Å². The quantitative estimate of drug-likeness (QED) is 0.189. The zero-order chi connectivity index (χ0) is 26.8. The predicted octanol–water partition coefficient (Wildman–Crippen LogP) is -0.253. The Morgan fingerprint density at radius 3 is 2.17 bits per heavy atom. The molecule has 198 valence electrons. The first kappa shape index (κ1) is 28.6. The second-order valence-corrected chi connectivity index (χ2v) is 8.95. The molecule has 12 nitrogen and oxygen atoms in total. The van der Waals surface area contributed by atoms with Crippen molar-refractivity contribution >= 4 is 29.7 Å². The van der Waals surface area contributed by atoms with E-state index in [1.54, 1.807) is 26.0 Å². The van der Waals surface area contributed by atoms with Gasteiger partial charge in [-0.2, -0.15) is 0 Å². The first-order valence-electron chi connectivity index (χ1n) is 11.9. The van der Waals surface area contributed by atoms with E-state index in [0.717, 1.165) is 6.42 Å². The van der Waals surface area contributed by atoms with Gasteiger partial charge in [-0.15, -0.1) is 0 Å². The Balaban J connectivity index is 2.22. The third kappa shape index (κ3) is 8.52. The van der Waals surface area contributed by atoms with Crippen molar-refractivity contribution < 1.29 is 39.3 Å². The number of carboxylic acids is 2. The Morgan fingerprint density at radius 2 is 1.64 bits per heavy atom. The lowest BCUT2D eigenvalue weighted by molar-refractivity contribution is -0.144. The number of carbonyl (C=O) groups excluding carboxylic acids is 3. The van der Waals surface area contributed by atoms with Gasteiger partial charge in [0.15, 0.2) is 0 Å². The van der Waals surface area contributed by atoms with Gasteiger partial charge in [0.1, 0.15) is 23.9 Å². The maximum atomic E-state index is 13.2. The Labute approximate surface area is 208 Å². The van der Waals surface area contributed by atoms with Crippen LogP contribution in [0.4, 0.5) is 0 Å². The molecule has 1 aromatic carbocycles. The average Bonchev–Trinajstić information content (AvgIpc) is 3.37. The van der Waals surface area contributed by atoms with Crippen molar-refractivity contribution in [2.24, 2.45) is 5.92 Å². The van der Waals surface area contributed by atoms with Crippen molar-refractivity contribution in [1.29, 1.82) is 0 Å². The van der Waals surface area contributed by atoms with Crippen molar-refractivity contribution in [3.05, 3.63) is 29.8 Å². The number of carbonyl (C=O) groups is 5. The molecule has 12 heteroatoms. The molecule has 36 heavy (non-hydrogen) atoms. The normalized spacial score (nSPS) is 18.3. The minimum atomic E-state index is -1.57. The van der Waals surface area contributed by atoms with E-state index in [1.807, 2.05) is 0 Å². The Bertz CT molecular complexity index is 946. The van der Waals surface area contributed by atoms with E-state index in [1.165, 1.54) is 12.1 Å². The van der Waals surface area contributed by atoms with E-state index < -0.39 is 66.2 Å². The highest BCUT2D eigenvalue weighted by Crippen LogP contribution is 2.13. The molecule has 1 aliphatic heterocycles. The van der Waals surface area contributed by atoms with Crippen molar-refractivity contribution in [2.75, 3.05) is 6.54 Å². The van der Waals surface area contributed by atoms with Crippen LogP contribution in [0.1, 0.15) is 45.1 Å². The van der Waals surface area contributed by atoms with Crippen LogP contribution < -0.4 is 21.3 Å². The third-order valence-corrected chi connectivity index (χ3v) is 6.17. The zero-order valence-corrected chi connectivity index (χ0v) is 20.3. The summed E-state index contributed by atoms with van der Waals surface area (Å²) in [5.41, 5.74) is 0.606. The van der Waals surface area contributed by atoms with Crippen LogP contribution in [0, 0.1) is 5.92 Å². The SMILES string of the molecule is CCC(C)C(NC(=O)C(CC(=O)O)NC(=O)C(Cc1ccc(O)cc1)NC(=O)C1CCCN1)C(=O)O. The Hall–Kier alpha value is -3.67. The maximum Gasteiger partial charge on any atom is 0.326 e. The molecule has 1 fully saturated rings. The molecule has 7 N–H and O–H groups in total. The van der Waals surface area contributed by atoms with E-state index in [2.05, 4.69) is 21.3 Å². The molecule has 5 unspecified atom stereocenters. The molecule has 1 aliphatic rings. The van der Waals surface area contributed by atoms with Crippen LogP contribution in [-0.2, 0) is 30.4 Å². The van der Waals surface area contributed by atoms with E-state index in [0.29, 0.717) is 24.9 Å². The van der Waals surface area contributed by atoms with Crippen LogP contribution in [0.2, 0.25) is 0 Å². The smallest absolute Gasteiger partial charge is 0.326 e. The van der Waals surface area contributed by atoms with Crippen molar-refractivity contribution in [1.82, 2.24) is 21.3 Å². The Kier molecular flexibility index (Phi) is 10.7. The van der Waals surface area contributed by atoms with Gasteiger partial charge in [-0.1, -0.05) is 32.4 Å². The van der Waals surface area contributed by atoms with Gasteiger partial charge in [-0.25, -0.2) is 4.79 Å². The molecule has 2 rings (SSSR count). The van der Waals surface area contributed by atoms with Crippen LogP contribution in [0.3, 0.4) is 0 Å². The van der Waals surface area contributed by atoms with Gasteiger partial charge in [0.05, 0.1) is 12.5 Å².